The molecule has 2 N–H and O–H groups in total. The molecule has 0 bridgehead atoms. The lowest BCUT2D eigenvalue weighted by molar-refractivity contribution is -0.121. The zero-order valence-electron chi connectivity index (χ0n) is 12.3. The van der Waals surface area contributed by atoms with Crippen molar-refractivity contribution in [3.8, 4) is 0 Å². The van der Waals surface area contributed by atoms with E-state index in [1.807, 2.05) is 23.6 Å². The monoisotopic (exact) mass is 315 g/mol. The van der Waals surface area contributed by atoms with E-state index in [0.717, 1.165) is 22.7 Å². The van der Waals surface area contributed by atoms with Crippen LogP contribution in [0.25, 0.3) is 0 Å². The molecule has 0 aliphatic carbocycles. The predicted octanol–water partition coefficient (Wildman–Crippen LogP) is 2.20. The summed E-state index contributed by atoms with van der Waals surface area (Å²) in [5.41, 5.74) is 2.60. The molecule has 1 aromatic heterocycles. The molecule has 1 atom stereocenters. The van der Waals surface area contributed by atoms with Gasteiger partial charge in [0, 0.05) is 10.9 Å². The zero-order chi connectivity index (χ0) is 15.5. The summed E-state index contributed by atoms with van der Waals surface area (Å²) >= 11 is 1.55. The molecular weight excluding hydrogens is 298 g/mol. The number of nitrogens with one attached hydrogen (secondary N) is 2. The van der Waals surface area contributed by atoms with Crippen LogP contribution in [0.5, 0.6) is 0 Å². The van der Waals surface area contributed by atoms with Gasteiger partial charge in [-0.2, -0.15) is 0 Å². The lowest BCUT2D eigenvalue weighted by Crippen LogP contribution is -2.28. The second-order valence-corrected chi connectivity index (χ2v) is 6.12. The normalized spacial score (nSPS) is 16.2. The number of carbonyl (C=O) groups is 2. The Balaban J connectivity index is 1.57. The van der Waals surface area contributed by atoms with Crippen LogP contribution >= 0.6 is 11.3 Å². The topological polar surface area (TPSA) is 71.1 Å². The highest BCUT2D eigenvalue weighted by molar-refractivity contribution is 7.09. The van der Waals surface area contributed by atoms with E-state index in [1.54, 1.807) is 17.4 Å². The Labute approximate surface area is 132 Å². The number of aryl methyl sites for hydroxylation is 1. The van der Waals surface area contributed by atoms with Gasteiger partial charge in [-0.05, 0) is 18.1 Å². The third kappa shape index (κ3) is 3.01. The van der Waals surface area contributed by atoms with Crippen molar-refractivity contribution >= 4 is 23.2 Å². The van der Waals surface area contributed by atoms with E-state index in [1.165, 1.54) is 0 Å². The molecule has 2 heterocycles. The van der Waals surface area contributed by atoms with Gasteiger partial charge in [-0.1, -0.05) is 25.1 Å². The van der Waals surface area contributed by atoms with Crippen LogP contribution in [0, 0.1) is 0 Å². The van der Waals surface area contributed by atoms with Crippen molar-refractivity contribution < 1.29 is 9.59 Å². The minimum absolute atomic E-state index is 0.0877. The molecule has 6 heteroatoms. The number of nitrogens with zero attached hydrogens (tertiary/aromatic N) is 1. The highest BCUT2D eigenvalue weighted by atomic mass is 32.1. The second-order valence-electron chi connectivity index (χ2n) is 5.18. The second kappa shape index (κ2) is 6.27. The fraction of sp³-hybridized carbons (Fsp3) is 0.312. The summed E-state index contributed by atoms with van der Waals surface area (Å²) in [5.74, 6) is -0.198. The van der Waals surface area contributed by atoms with Gasteiger partial charge in [-0.3, -0.25) is 9.59 Å². The van der Waals surface area contributed by atoms with Gasteiger partial charge in [0.1, 0.15) is 5.01 Å². The van der Waals surface area contributed by atoms with E-state index in [-0.39, 0.29) is 24.3 Å². The third-order valence-electron chi connectivity index (χ3n) is 3.67. The van der Waals surface area contributed by atoms with E-state index < -0.39 is 0 Å². The van der Waals surface area contributed by atoms with Crippen molar-refractivity contribution in [2.24, 2.45) is 0 Å². The lowest BCUT2D eigenvalue weighted by Gasteiger charge is -2.11. The Morgan fingerprint density at radius 3 is 3.00 bits per heavy atom. The minimum Gasteiger partial charge on any atom is -0.350 e. The number of amides is 2. The zero-order valence-corrected chi connectivity index (χ0v) is 13.1. The molecule has 22 heavy (non-hydrogen) atoms. The SMILES string of the molecule is CCc1csc(CNC(=O)C[C@H]2NC(=O)c3ccccc32)n1. The smallest absolute Gasteiger partial charge is 0.252 e. The summed E-state index contributed by atoms with van der Waals surface area (Å²) in [6.45, 7) is 2.49. The number of fused-ring (bicyclic) bond motifs is 1. The number of carbonyl (C=O) groups excluding carboxylic acids is 2. The van der Waals surface area contributed by atoms with Crippen LogP contribution in [0.4, 0.5) is 0 Å². The number of benzene rings is 1. The molecule has 0 saturated heterocycles. The van der Waals surface area contributed by atoms with Crippen molar-refractivity contribution in [2.45, 2.75) is 32.4 Å². The Bertz CT molecular complexity index is 711. The fourth-order valence-corrected chi connectivity index (χ4v) is 3.32. The Kier molecular flexibility index (Phi) is 4.20. The summed E-state index contributed by atoms with van der Waals surface area (Å²) in [6, 6.07) is 7.14. The Morgan fingerprint density at radius 2 is 2.23 bits per heavy atom. The van der Waals surface area contributed by atoms with Crippen LogP contribution in [-0.2, 0) is 17.8 Å². The van der Waals surface area contributed by atoms with Crippen LogP contribution in [0.2, 0.25) is 0 Å². The Hall–Kier alpha value is -2.21. The maximum absolute atomic E-state index is 12.1. The molecule has 0 radical (unpaired) electrons. The van der Waals surface area contributed by atoms with Crippen molar-refractivity contribution in [2.75, 3.05) is 0 Å². The van der Waals surface area contributed by atoms with Crippen LogP contribution in [0.1, 0.15) is 46.0 Å². The first kappa shape index (κ1) is 14.7. The van der Waals surface area contributed by atoms with Gasteiger partial charge < -0.3 is 10.6 Å². The van der Waals surface area contributed by atoms with E-state index >= 15 is 0 Å². The number of hydrogen-bond donors (Lipinski definition) is 2. The molecular formula is C16H17N3O2S. The van der Waals surface area contributed by atoms with Crippen LogP contribution in [-0.4, -0.2) is 16.8 Å². The van der Waals surface area contributed by atoms with E-state index in [0.29, 0.717) is 12.1 Å². The van der Waals surface area contributed by atoms with E-state index in [4.69, 9.17) is 0 Å². The maximum Gasteiger partial charge on any atom is 0.252 e. The van der Waals surface area contributed by atoms with Gasteiger partial charge in [0.15, 0.2) is 0 Å². The van der Waals surface area contributed by atoms with Gasteiger partial charge in [0.25, 0.3) is 5.91 Å². The van der Waals surface area contributed by atoms with Gasteiger partial charge in [-0.15, -0.1) is 11.3 Å². The molecule has 5 nitrogen and oxygen atoms in total. The molecule has 1 aromatic carbocycles. The maximum atomic E-state index is 12.1. The van der Waals surface area contributed by atoms with Crippen molar-refractivity contribution in [1.82, 2.24) is 15.6 Å². The predicted molar refractivity (Wildman–Crippen MR) is 84.6 cm³/mol. The van der Waals surface area contributed by atoms with Crippen LogP contribution < -0.4 is 10.6 Å². The summed E-state index contributed by atoms with van der Waals surface area (Å²) in [4.78, 5) is 28.3. The largest absolute Gasteiger partial charge is 0.350 e. The summed E-state index contributed by atoms with van der Waals surface area (Å²) in [7, 11) is 0. The summed E-state index contributed by atoms with van der Waals surface area (Å²) in [6.07, 6.45) is 1.14. The van der Waals surface area contributed by atoms with Crippen LogP contribution in [0.15, 0.2) is 29.6 Å². The van der Waals surface area contributed by atoms with E-state index in [9.17, 15) is 9.59 Å². The molecule has 0 spiro atoms. The Morgan fingerprint density at radius 1 is 1.41 bits per heavy atom. The van der Waals surface area contributed by atoms with Gasteiger partial charge in [-0.25, -0.2) is 4.98 Å². The number of aromatic nitrogens is 1. The average molecular weight is 315 g/mol. The molecule has 0 saturated carbocycles. The molecule has 3 rings (SSSR count). The highest BCUT2D eigenvalue weighted by Gasteiger charge is 2.29. The van der Waals surface area contributed by atoms with Gasteiger partial charge in [0.2, 0.25) is 5.91 Å². The quantitative estimate of drug-likeness (QED) is 0.888. The number of rotatable bonds is 5. The molecule has 0 fully saturated rings. The minimum atomic E-state index is -0.244. The first-order valence-electron chi connectivity index (χ1n) is 7.27. The average Bonchev–Trinajstić information content (AvgIpc) is 3.11. The molecule has 114 valence electrons. The first-order valence-corrected chi connectivity index (χ1v) is 8.15. The van der Waals surface area contributed by atoms with Gasteiger partial charge >= 0.3 is 0 Å². The van der Waals surface area contributed by atoms with Crippen molar-refractivity contribution in [3.63, 3.8) is 0 Å². The molecule has 2 amide bonds. The van der Waals surface area contributed by atoms with Crippen molar-refractivity contribution in [1.29, 1.82) is 0 Å². The number of hydrogen-bond acceptors (Lipinski definition) is 4. The molecule has 2 aromatic rings. The molecule has 0 unspecified atom stereocenters. The number of thiazole rings is 1. The lowest BCUT2D eigenvalue weighted by atomic mass is 10.0. The van der Waals surface area contributed by atoms with Crippen molar-refractivity contribution in [3.05, 3.63) is 51.5 Å². The fourth-order valence-electron chi connectivity index (χ4n) is 2.51. The summed E-state index contributed by atoms with van der Waals surface area (Å²) in [5, 5.41) is 8.63. The van der Waals surface area contributed by atoms with Gasteiger partial charge in [0.05, 0.1) is 24.7 Å². The molecule has 1 aliphatic rings. The summed E-state index contributed by atoms with van der Waals surface area (Å²) < 4.78 is 0. The first-order chi connectivity index (χ1) is 10.7. The molecule has 1 aliphatic heterocycles. The standard InChI is InChI=1S/C16H17N3O2S/c1-2-10-9-22-15(18-10)8-17-14(20)7-13-11-5-3-4-6-12(11)16(21)19-13/h3-6,9,13H,2,7-8H2,1H3,(H,17,20)(H,19,21)/t13-/m1/s1. The third-order valence-corrected chi connectivity index (χ3v) is 4.57. The highest BCUT2D eigenvalue weighted by Crippen LogP contribution is 2.27. The van der Waals surface area contributed by atoms with Crippen LogP contribution in [0.3, 0.4) is 0 Å². The van der Waals surface area contributed by atoms with E-state index in [2.05, 4.69) is 22.5 Å².